The van der Waals surface area contributed by atoms with Gasteiger partial charge in [0.05, 0.1) is 5.69 Å². The van der Waals surface area contributed by atoms with Crippen LogP contribution in [0.5, 0.6) is 0 Å². The van der Waals surface area contributed by atoms with Crippen molar-refractivity contribution in [3.05, 3.63) is 36.3 Å². The Morgan fingerprint density at radius 2 is 2.00 bits per heavy atom. The molecule has 2 aromatic heterocycles. The normalized spacial score (nSPS) is 10.8. The van der Waals surface area contributed by atoms with Crippen molar-refractivity contribution in [2.45, 2.75) is 19.9 Å². The number of pyridine rings is 1. The minimum Gasteiger partial charge on any atom is -0.476 e. The minimum absolute atomic E-state index is 0.0607. The molecule has 5 nitrogen and oxygen atoms in total. The largest absolute Gasteiger partial charge is 0.476 e. The van der Waals surface area contributed by atoms with Crippen molar-refractivity contribution in [2.75, 3.05) is 0 Å². The summed E-state index contributed by atoms with van der Waals surface area (Å²) in [5, 5.41) is 13.0. The van der Waals surface area contributed by atoms with Crippen molar-refractivity contribution in [1.82, 2.24) is 14.8 Å². The third kappa shape index (κ3) is 2.18. The second kappa shape index (κ2) is 4.37. The molecule has 17 heavy (non-hydrogen) atoms. The van der Waals surface area contributed by atoms with Crippen LogP contribution >= 0.6 is 0 Å². The van der Waals surface area contributed by atoms with Gasteiger partial charge in [0, 0.05) is 24.0 Å². The van der Waals surface area contributed by atoms with Gasteiger partial charge in [0.15, 0.2) is 5.69 Å². The van der Waals surface area contributed by atoms with Crippen molar-refractivity contribution in [2.24, 2.45) is 0 Å². The Morgan fingerprint density at radius 3 is 2.53 bits per heavy atom. The maximum atomic E-state index is 10.9. The zero-order valence-corrected chi connectivity index (χ0v) is 9.66. The molecule has 1 N–H and O–H groups in total. The first kappa shape index (κ1) is 11.3. The SMILES string of the molecule is CC(C)n1nc(C(=O)O)cc1-c1ccncc1. The van der Waals surface area contributed by atoms with Gasteiger partial charge in [-0.2, -0.15) is 5.10 Å². The van der Waals surface area contributed by atoms with Gasteiger partial charge < -0.3 is 5.11 Å². The Hall–Kier alpha value is -2.17. The van der Waals surface area contributed by atoms with Gasteiger partial charge >= 0.3 is 5.97 Å². The average Bonchev–Trinajstić information content (AvgIpc) is 2.75. The molecule has 0 aromatic carbocycles. The summed E-state index contributed by atoms with van der Waals surface area (Å²) in [5.74, 6) is -1.01. The van der Waals surface area contributed by atoms with Crippen LogP contribution in [0.25, 0.3) is 11.3 Å². The van der Waals surface area contributed by atoms with Crippen molar-refractivity contribution in [3.63, 3.8) is 0 Å². The number of aromatic nitrogens is 3. The van der Waals surface area contributed by atoms with Crippen LogP contribution in [0, 0.1) is 0 Å². The molecular formula is C12H13N3O2. The lowest BCUT2D eigenvalue weighted by molar-refractivity contribution is 0.0689. The van der Waals surface area contributed by atoms with E-state index in [1.165, 1.54) is 0 Å². The molecule has 2 rings (SSSR count). The quantitative estimate of drug-likeness (QED) is 0.879. The summed E-state index contributed by atoms with van der Waals surface area (Å²) in [6, 6.07) is 5.35. The molecule has 0 saturated heterocycles. The molecular weight excluding hydrogens is 218 g/mol. The summed E-state index contributed by atoms with van der Waals surface area (Å²) in [7, 11) is 0. The molecule has 88 valence electrons. The molecule has 0 aliphatic carbocycles. The Labute approximate surface area is 98.7 Å². The van der Waals surface area contributed by atoms with Gasteiger partial charge in [-0.15, -0.1) is 0 Å². The van der Waals surface area contributed by atoms with Gasteiger partial charge in [0.1, 0.15) is 0 Å². The second-order valence-electron chi connectivity index (χ2n) is 3.99. The number of aromatic carboxylic acids is 1. The number of carboxylic acid groups (broad SMARTS) is 1. The molecule has 5 heteroatoms. The van der Waals surface area contributed by atoms with Gasteiger partial charge in [0.25, 0.3) is 0 Å². The molecule has 0 spiro atoms. The Bertz CT molecular complexity index is 532. The number of hydrogen-bond acceptors (Lipinski definition) is 3. The number of carbonyl (C=O) groups is 1. The molecule has 0 saturated carbocycles. The molecule has 0 unspecified atom stereocenters. The molecule has 0 radical (unpaired) electrons. The van der Waals surface area contributed by atoms with E-state index in [1.54, 1.807) is 23.1 Å². The third-order valence-corrected chi connectivity index (χ3v) is 2.42. The fourth-order valence-electron chi connectivity index (χ4n) is 1.63. The van der Waals surface area contributed by atoms with Gasteiger partial charge in [0.2, 0.25) is 0 Å². The van der Waals surface area contributed by atoms with E-state index >= 15 is 0 Å². The highest BCUT2D eigenvalue weighted by Crippen LogP contribution is 2.23. The molecule has 0 bridgehead atoms. The summed E-state index contributed by atoms with van der Waals surface area (Å²) >= 11 is 0. The van der Waals surface area contributed by atoms with Crippen molar-refractivity contribution >= 4 is 5.97 Å². The molecule has 0 aliphatic rings. The lowest BCUT2D eigenvalue weighted by Crippen LogP contribution is -2.06. The van der Waals surface area contributed by atoms with Crippen LogP contribution < -0.4 is 0 Å². The summed E-state index contributed by atoms with van der Waals surface area (Å²) in [5.41, 5.74) is 1.76. The monoisotopic (exact) mass is 231 g/mol. The van der Waals surface area contributed by atoms with Crippen LogP contribution in [0.1, 0.15) is 30.4 Å². The zero-order valence-electron chi connectivity index (χ0n) is 9.66. The maximum Gasteiger partial charge on any atom is 0.356 e. The number of nitrogens with zero attached hydrogens (tertiary/aromatic N) is 3. The molecule has 0 fully saturated rings. The third-order valence-electron chi connectivity index (χ3n) is 2.42. The van der Waals surface area contributed by atoms with Gasteiger partial charge in [-0.3, -0.25) is 9.67 Å². The number of hydrogen-bond donors (Lipinski definition) is 1. The summed E-state index contributed by atoms with van der Waals surface area (Å²) in [4.78, 5) is 14.9. The number of rotatable bonds is 3. The van der Waals surface area contributed by atoms with Crippen molar-refractivity contribution in [1.29, 1.82) is 0 Å². The smallest absolute Gasteiger partial charge is 0.356 e. The highest BCUT2D eigenvalue weighted by Gasteiger charge is 2.15. The lowest BCUT2D eigenvalue weighted by atomic mass is 10.2. The maximum absolute atomic E-state index is 10.9. The van der Waals surface area contributed by atoms with E-state index in [0.29, 0.717) is 0 Å². The fraction of sp³-hybridized carbons (Fsp3) is 0.250. The molecule has 0 aliphatic heterocycles. The highest BCUT2D eigenvalue weighted by atomic mass is 16.4. The van der Waals surface area contributed by atoms with E-state index in [2.05, 4.69) is 10.1 Å². The Morgan fingerprint density at radius 1 is 1.35 bits per heavy atom. The van der Waals surface area contributed by atoms with Crippen molar-refractivity contribution in [3.8, 4) is 11.3 Å². The van der Waals surface area contributed by atoms with Crippen molar-refractivity contribution < 1.29 is 9.90 Å². The topological polar surface area (TPSA) is 68.0 Å². The van der Waals surface area contributed by atoms with Gasteiger partial charge in [-0.25, -0.2) is 4.79 Å². The first-order valence-corrected chi connectivity index (χ1v) is 5.33. The standard InChI is InChI=1S/C12H13N3O2/c1-8(2)15-11(7-10(14-15)12(16)17)9-3-5-13-6-4-9/h3-8H,1-2H3,(H,16,17). The Kier molecular flexibility index (Phi) is 2.91. The average molecular weight is 231 g/mol. The van der Waals surface area contributed by atoms with Crippen LogP contribution in [-0.4, -0.2) is 25.8 Å². The molecule has 0 amide bonds. The molecule has 2 aromatic rings. The van der Waals surface area contributed by atoms with Gasteiger partial charge in [-0.05, 0) is 32.0 Å². The second-order valence-corrected chi connectivity index (χ2v) is 3.99. The van der Waals surface area contributed by atoms with Crippen LogP contribution in [0.3, 0.4) is 0 Å². The van der Waals surface area contributed by atoms with Crippen LogP contribution in [0.15, 0.2) is 30.6 Å². The molecule has 0 atom stereocenters. The van der Waals surface area contributed by atoms with Crippen LogP contribution in [-0.2, 0) is 0 Å². The van der Waals surface area contributed by atoms with E-state index in [-0.39, 0.29) is 11.7 Å². The highest BCUT2D eigenvalue weighted by molar-refractivity contribution is 5.87. The van der Waals surface area contributed by atoms with E-state index in [9.17, 15) is 4.79 Å². The molecule has 2 heterocycles. The lowest BCUT2D eigenvalue weighted by Gasteiger charge is -2.10. The van der Waals surface area contributed by atoms with Crippen LogP contribution in [0.2, 0.25) is 0 Å². The first-order chi connectivity index (χ1) is 8.09. The summed E-state index contributed by atoms with van der Waals surface area (Å²) < 4.78 is 1.71. The fourth-order valence-corrected chi connectivity index (χ4v) is 1.63. The predicted octanol–water partition coefficient (Wildman–Crippen LogP) is 2.22. The summed E-state index contributed by atoms with van der Waals surface area (Å²) in [6.45, 7) is 3.92. The Balaban J connectivity index is 2.56. The summed E-state index contributed by atoms with van der Waals surface area (Å²) in [6.07, 6.45) is 3.35. The first-order valence-electron chi connectivity index (χ1n) is 5.33. The minimum atomic E-state index is -1.01. The van der Waals surface area contributed by atoms with E-state index in [0.717, 1.165) is 11.3 Å². The van der Waals surface area contributed by atoms with E-state index in [4.69, 9.17) is 5.11 Å². The van der Waals surface area contributed by atoms with E-state index in [1.807, 2.05) is 26.0 Å². The zero-order chi connectivity index (χ0) is 12.4. The van der Waals surface area contributed by atoms with E-state index < -0.39 is 5.97 Å². The number of carboxylic acids is 1. The van der Waals surface area contributed by atoms with Crippen LogP contribution in [0.4, 0.5) is 0 Å². The predicted molar refractivity (Wildman–Crippen MR) is 62.8 cm³/mol. The van der Waals surface area contributed by atoms with Gasteiger partial charge in [-0.1, -0.05) is 0 Å².